The lowest BCUT2D eigenvalue weighted by atomic mass is 9.84. The highest BCUT2D eigenvalue weighted by Crippen LogP contribution is 2.50. The number of aromatic nitrogens is 2. The molecule has 236 valence electrons. The Morgan fingerprint density at radius 2 is 1.93 bits per heavy atom. The Labute approximate surface area is 270 Å². The van der Waals surface area contributed by atoms with E-state index in [1.807, 2.05) is 0 Å². The number of Topliss-reactive ketones (excluding diaryl/α,β-unsaturated/α-hetero) is 1. The number of nitriles is 1. The third kappa shape index (κ3) is 5.19. The number of ketones is 1. The molecular weight excluding hydrogens is 611 g/mol. The number of imidazole rings is 1. The van der Waals surface area contributed by atoms with Crippen LogP contribution >= 0.6 is 11.6 Å². The minimum Gasteiger partial charge on any atom is -0.392 e. The van der Waals surface area contributed by atoms with Crippen molar-refractivity contribution in [1.82, 2.24) is 14.5 Å². The van der Waals surface area contributed by atoms with Crippen LogP contribution in [0.4, 0.5) is 4.39 Å². The molecule has 11 heteroatoms. The number of nitrogens with zero attached hydrogens (tertiary/aromatic N) is 4. The average molecular weight is 643 g/mol. The van der Waals surface area contributed by atoms with Crippen LogP contribution in [0.1, 0.15) is 82.0 Å². The third-order valence-corrected chi connectivity index (χ3v) is 9.26. The number of carbonyl (C=O) groups excluding carboxylic acids is 2. The fourth-order valence-corrected chi connectivity index (χ4v) is 6.71. The summed E-state index contributed by atoms with van der Waals surface area (Å²) < 4.78 is 25.4. The van der Waals surface area contributed by atoms with Gasteiger partial charge in [-0.05, 0) is 65.9 Å². The van der Waals surface area contributed by atoms with Crippen LogP contribution in [0.15, 0.2) is 67.1 Å². The van der Waals surface area contributed by atoms with Crippen LogP contribution in [0.5, 0.6) is 0 Å². The molecule has 2 heterocycles. The minimum atomic E-state index is -1.84. The van der Waals surface area contributed by atoms with E-state index in [4.69, 9.17) is 16.3 Å². The molecule has 0 saturated heterocycles. The highest BCUT2D eigenvalue weighted by Gasteiger charge is 2.56. The van der Waals surface area contributed by atoms with E-state index in [0.717, 1.165) is 0 Å². The number of fused-ring (bicyclic) bond motifs is 1. The first-order valence-electron chi connectivity index (χ1n) is 15.0. The first-order valence-corrected chi connectivity index (χ1v) is 15.4. The number of aliphatic hydroxyl groups excluding tert-OH is 1. The van der Waals surface area contributed by atoms with Crippen molar-refractivity contribution in [2.24, 2.45) is 7.05 Å². The van der Waals surface area contributed by atoms with E-state index >= 15 is 4.39 Å². The molecule has 1 aliphatic carbocycles. The van der Waals surface area contributed by atoms with E-state index in [0.29, 0.717) is 45.8 Å². The molecule has 3 aromatic carbocycles. The number of aryl methyl sites for hydroxylation is 1. The molecule has 46 heavy (non-hydrogen) atoms. The number of ether oxygens (including phenoxy) is 1. The monoisotopic (exact) mass is 642 g/mol. The number of benzene rings is 3. The lowest BCUT2D eigenvalue weighted by molar-refractivity contribution is -0.148. The van der Waals surface area contributed by atoms with Crippen molar-refractivity contribution in [3.63, 3.8) is 0 Å². The third-order valence-electron chi connectivity index (χ3n) is 9.01. The second-order valence-electron chi connectivity index (χ2n) is 11.8. The number of amides is 1. The average Bonchev–Trinajstić information content (AvgIpc) is 3.74. The lowest BCUT2D eigenvalue weighted by Gasteiger charge is -2.41. The quantitative estimate of drug-likeness (QED) is 0.256. The van der Waals surface area contributed by atoms with Crippen LogP contribution in [-0.2, 0) is 41.1 Å². The van der Waals surface area contributed by atoms with Crippen molar-refractivity contribution in [3.8, 4) is 6.07 Å². The number of rotatable bonds is 9. The van der Waals surface area contributed by atoms with Crippen LogP contribution in [0.3, 0.4) is 0 Å². The topological polar surface area (TPSA) is 129 Å². The molecule has 3 atom stereocenters. The molecule has 0 radical (unpaired) electrons. The predicted molar refractivity (Wildman–Crippen MR) is 166 cm³/mol. The Kier molecular flexibility index (Phi) is 8.29. The SMILES string of the molecule is CC[C@](O)(c1cc(F)c2c(c1)C(=O)N(Cc1ccc(C#N)cc1CO)[C@@]2(O[C@H]1CCC(=O)C1)c1ccc(Cl)cc1)c1cn(C)cn1. The second kappa shape index (κ2) is 12.1. The van der Waals surface area contributed by atoms with Gasteiger partial charge in [0.2, 0.25) is 5.72 Å². The van der Waals surface area contributed by atoms with Gasteiger partial charge in [-0.25, -0.2) is 9.37 Å². The molecule has 6 rings (SSSR count). The normalized spacial score (nSPS) is 20.5. The molecule has 2 aliphatic rings. The van der Waals surface area contributed by atoms with Crippen molar-refractivity contribution >= 4 is 23.3 Å². The Morgan fingerprint density at radius 3 is 2.54 bits per heavy atom. The van der Waals surface area contributed by atoms with Gasteiger partial charge in [0.15, 0.2) is 0 Å². The zero-order valence-electron chi connectivity index (χ0n) is 25.3. The summed E-state index contributed by atoms with van der Waals surface area (Å²) in [6.07, 6.45) is 3.48. The summed E-state index contributed by atoms with van der Waals surface area (Å²) in [7, 11) is 1.76. The van der Waals surface area contributed by atoms with Crippen molar-refractivity contribution in [2.45, 2.75) is 63.2 Å². The maximum absolute atomic E-state index is 16.9. The number of aliphatic hydroxyl groups is 2. The number of hydrogen-bond acceptors (Lipinski definition) is 7. The number of halogens is 2. The van der Waals surface area contributed by atoms with Gasteiger partial charge < -0.3 is 19.5 Å². The molecule has 0 bridgehead atoms. The van der Waals surface area contributed by atoms with Crippen molar-refractivity contribution in [2.75, 3.05) is 0 Å². The van der Waals surface area contributed by atoms with E-state index in [2.05, 4.69) is 11.1 Å². The van der Waals surface area contributed by atoms with Gasteiger partial charge >= 0.3 is 0 Å². The lowest BCUT2D eigenvalue weighted by Crippen LogP contribution is -2.48. The summed E-state index contributed by atoms with van der Waals surface area (Å²) in [4.78, 5) is 32.7. The zero-order chi connectivity index (χ0) is 32.8. The highest BCUT2D eigenvalue weighted by molar-refractivity contribution is 6.30. The minimum absolute atomic E-state index is 0.00111. The van der Waals surface area contributed by atoms with Gasteiger partial charge in [-0.2, -0.15) is 5.26 Å². The molecule has 2 N–H and O–H groups in total. The Morgan fingerprint density at radius 1 is 1.17 bits per heavy atom. The molecule has 0 unspecified atom stereocenters. The van der Waals surface area contributed by atoms with E-state index < -0.39 is 35.8 Å². The summed E-state index contributed by atoms with van der Waals surface area (Å²) in [5.41, 5.74) is -1.49. The highest BCUT2D eigenvalue weighted by atomic mass is 35.5. The predicted octanol–water partition coefficient (Wildman–Crippen LogP) is 5.22. The van der Waals surface area contributed by atoms with E-state index in [1.54, 1.807) is 61.1 Å². The van der Waals surface area contributed by atoms with Crippen LogP contribution in [0.2, 0.25) is 5.02 Å². The van der Waals surface area contributed by atoms with Gasteiger partial charge in [-0.1, -0.05) is 36.7 Å². The first-order chi connectivity index (χ1) is 22.0. The van der Waals surface area contributed by atoms with Crippen LogP contribution in [0.25, 0.3) is 0 Å². The number of carbonyl (C=O) groups is 2. The fourth-order valence-electron chi connectivity index (χ4n) is 6.58. The van der Waals surface area contributed by atoms with E-state index in [1.165, 1.54) is 29.4 Å². The molecule has 1 aromatic heterocycles. The molecule has 1 aliphatic heterocycles. The van der Waals surface area contributed by atoms with Crippen molar-refractivity contribution in [1.29, 1.82) is 5.26 Å². The maximum Gasteiger partial charge on any atom is 0.257 e. The summed E-state index contributed by atoms with van der Waals surface area (Å²) >= 11 is 6.26. The van der Waals surface area contributed by atoms with Crippen molar-refractivity contribution in [3.05, 3.63) is 123 Å². The largest absolute Gasteiger partial charge is 0.392 e. The van der Waals surface area contributed by atoms with E-state index in [-0.39, 0.29) is 41.9 Å². The summed E-state index contributed by atoms with van der Waals surface area (Å²) in [5, 5.41) is 31.9. The zero-order valence-corrected chi connectivity index (χ0v) is 26.1. The summed E-state index contributed by atoms with van der Waals surface area (Å²) in [6.45, 7) is 1.21. The first kappa shape index (κ1) is 31.6. The van der Waals surface area contributed by atoms with Gasteiger partial charge in [0.25, 0.3) is 5.91 Å². The van der Waals surface area contributed by atoms with Crippen LogP contribution < -0.4 is 0 Å². The molecule has 1 fully saturated rings. The standard InChI is InChI=1S/C35H32ClFN4O5/c1-3-34(45,31-18-40(2)20-39-31)25-13-29-32(30(37)14-25)35(24-6-8-26(36)9-7-24,46-28-11-10-27(43)15-28)41(33(29)44)17-22-5-4-21(16-38)12-23(22)19-42/h4-9,12-14,18,20,28,42,45H,3,10-11,15,17,19H2,1-2H3/t28-,34-,35+/m0/s1. The summed E-state index contributed by atoms with van der Waals surface area (Å²) in [5.74, 6) is -1.36. The van der Waals surface area contributed by atoms with E-state index in [9.17, 15) is 25.1 Å². The Balaban J connectivity index is 1.60. The molecular formula is C35H32ClFN4O5. The van der Waals surface area contributed by atoms with Crippen molar-refractivity contribution < 1.29 is 28.9 Å². The van der Waals surface area contributed by atoms with Gasteiger partial charge in [0.05, 0.1) is 47.5 Å². The fraction of sp³-hybridized carbons (Fsp3) is 0.314. The van der Waals surface area contributed by atoms with Gasteiger partial charge in [-0.15, -0.1) is 0 Å². The Hall–Kier alpha value is -4.40. The smallest absolute Gasteiger partial charge is 0.257 e. The molecule has 1 saturated carbocycles. The van der Waals surface area contributed by atoms with Gasteiger partial charge in [0, 0.05) is 43.2 Å². The van der Waals surface area contributed by atoms with Gasteiger partial charge in [0.1, 0.15) is 17.2 Å². The molecule has 9 nitrogen and oxygen atoms in total. The summed E-state index contributed by atoms with van der Waals surface area (Å²) in [6, 6.07) is 16.1. The molecule has 4 aromatic rings. The second-order valence-corrected chi connectivity index (χ2v) is 12.3. The number of hydrogen-bond donors (Lipinski definition) is 2. The maximum atomic E-state index is 16.9. The van der Waals surface area contributed by atoms with Crippen LogP contribution in [-0.4, -0.2) is 42.5 Å². The van der Waals surface area contributed by atoms with Crippen LogP contribution in [0, 0.1) is 17.1 Å². The molecule has 0 spiro atoms. The molecule has 1 amide bonds. The Bertz CT molecular complexity index is 1890. The van der Waals surface area contributed by atoms with Gasteiger partial charge in [-0.3, -0.25) is 14.5 Å².